The maximum absolute atomic E-state index is 12.0. The van der Waals surface area contributed by atoms with Gasteiger partial charge in [0.2, 0.25) is 11.1 Å². The van der Waals surface area contributed by atoms with Crippen molar-refractivity contribution >= 4 is 23.2 Å². The van der Waals surface area contributed by atoms with E-state index in [2.05, 4.69) is 15.6 Å². The summed E-state index contributed by atoms with van der Waals surface area (Å²) in [6, 6.07) is 0. The average molecular weight is 325 g/mol. The Morgan fingerprint density at radius 3 is 3.14 bits per heavy atom. The van der Waals surface area contributed by atoms with E-state index in [0.29, 0.717) is 23.5 Å². The number of hydrogen-bond acceptors (Lipinski definition) is 5. The minimum atomic E-state index is -0.190. The van der Waals surface area contributed by atoms with E-state index in [1.54, 1.807) is 24.0 Å². The zero-order chi connectivity index (χ0) is 15.5. The number of amides is 1. The number of hydrogen-bond donors (Lipinski definition) is 1. The van der Waals surface area contributed by atoms with Crippen LogP contribution in [0.2, 0.25) is 5.22 Å². The molecule has 0 bridgehead atoms. The number of halogens is 1. The van der Waals surface area contributed by atoms with Gasteiger partial charge in [-0.2, -0.15) is 5.10 Å². The molecular weight excluding hydrogens is 308 g/mol. The van der Waals surface area contributed by atoms with E-state index in [4.69, 9.17) is 20.9 Å². The van der Waals surface area contributed by atoms with E-state index in [1.165, 1.54) is 0 Å². The van der Waals surface area contributed by atoms with Gasteiger partial charge in [-0.25, -0.2) is 0 Å². The molecule has 1 amide bonds. The first-order chi connectivity index (χ1) is 10.6. The third-order valence-corrected chi connectivity index (χ3v) is 3.90. The van der Waals surface area contributed by atoms with E-state index < -0.39 is 0 Å². The molecule has 1 fully saturated rings. The topological polar surface area (TPSA) is 82.2 Å². The molecule has 1 aliphatic heterocycles. The number of carbonyl (C=O) groups is 1. The Hall–Kier alpha value is -1.86. The molecule has 0 aliphatic carbocycles. The monoisotopic (exact) mass is 324 g/mol. The number of anilines is 1. The van der Waals surface area contributed by atoms with Gasteiger partial charge in [-0.05, 0) is 31.4 Å². The smallest absolute Gasteiger partial charge is 0.229 e. The fourth-order valence-electron chi connectivity index (χ4n) is 2.45. The summed E-state index contributed by atoms with van der Waals surface area (Å²) in [6.07, 6.45) is 5.88. The quantitative estimate of drug-likeness (QED) is 0.911. The lowest BCUT2D eigenvalue weighted by molar-refractivity contribution is -0.115. The maximum atomic E-state index is 12.0. The summed E-state index contributed by atoms with van der Waals surface area (Å²) in [5.41, 5.74) is 1.87. The highest BCUT2D eigenvalue weighted by Gasteiger charge is 2.18. The van der Waals surface area contributed by atoms with Gasteiger partial charge in [0.25, 0.3) is 0 Å². The Labute approximate surface area is 132 Å². The van der Waals surface area contributed by atoms with E-state index in [-0.39, 0.29) is 23.7 Å². The molecule has 1 atom stereocenters. The highest BCUT2D eigenvalue weighted by molar-refractivity contribution is 6.29. The molecule has 0 aromatic carbocycles. The minimum Gasteiger partial charge on any atom is -0.376 e. The van der Waals surface area contributed by atoms with Crippen LogP contribution in [0.5, 0.6) is 0 Å². The molecule has 7 nitrogen and oxygen atoms in total. The summed E-state index contributed by atoms with van der Waals surface area (Å²) in [7, 11) is 0. The first-order valence-electron chi connectivity index (χ1n) is 7.16. The second kappa shape index (κ2) is 6.50. The fraction of sp³-hybridized carbons (Fsp3) is 0.500. The Morgan fingerprint density at radius 2 is 2.45 bits per heavy atom. The second-order valence-corrected chi connectivity index (χ2v) is 5.67. The van der Waals surface area contributed by atoms with E-state index in [0.717, 1.165) is 19.4 Å². The van der Waals surface area contributed by atoms with Crippen LogP contribution in [0, 0.1) is 6.92 Å². The minimum absolute atomic E-state index is 0.116. The average Bonchev–Trinajstić information content (AvgIpc) is 3.19. The molecule has 3 heterocycles. The van der Waals surface area contributed by atoms with Crippen LogP contribution in [0.25, 0.3) is 0 Å². The van der Waals surface area contributed by atoms with Crippen LogP contribution in [0.1, 0.15) is 24.1 Å². The maximum Gasteiger partial charge on any atom is 0.229 e. The molecule has 2 aromatic rings. The van der Waals surface area contributed by atoms with Crippen LogP contribution in [0.3, 0.4) is 0 Å². The van der Waals surface area contributed by atoms with Crippen molar-refractivity contribution in [1.82, 2.24) is 14.9 Å². The molecular formula is C14H17ClN4O3. The summed E-state index contributed by atoms with van der Waals surface area (Å²) in [6.45, 7) is 3.26. The van der Waals surface area contributed by atoms with Crippen LogP contribution in [-0.2, 0) is 22.5 Å². The van der Waals surface area contributed by atoms with Gasteiger partial charge in [0.15, 0.2) is 0 Å². The van der Waals surface area contributed by atoms with Crippen molar-refractivity contribution in [2.45, 2.75) is 38.8 Å². The summed E-state index contributed by atoms with van der Waals surface area (Å²) in [4.78, 5) is 12.0. The molecule has 1 N–H and O–H groups in total. The lowest BCUT2D eigenvalue weighted by Gasteiger charge is -2.08. The molecule has 1 aliphatic rings. The molecule has 1 saturated heterocycles. The summed E-state index contributed by atoms with van der Waals surface area (Å²) in [5.74, 6) is -0.190. The van der Waals surface area contributed by atoms with E-state index in [9.17, 15) is 4.79 Å². The number of nitrogens with one attached hydrogen (secondary N) is 1. The predicted octanol–water partition coefficient (Wildman–Crippen LogP) is 2.19. The standard InChI is InChI=1S/C14H17ClN4O3/c1-9-12(14(15)22-18-9)5-13(20)17-10-6-16-19(7-10)8-11-3-2-4-21-11/h6-7,11H,2-5,8H2,1H3,(H,17,20). The molecule has 2 aromatic heterocycles. The number of ether oxygens (including phenoxy) is 1. The second-order valence-electron chi connectivity index (χ2n) is 5.33. The Balaban J connectivity index is 1.56. The Morgan fingerprint density at radius 1 is 1.59 bits per heavy atom. The van der Waals surface area contributed by atoms with Crippen molar-refractivity contribution < 1.29 is 14.1 Å². The molecule has 0 radical (unpaired) electrons. The van der Waals surface area contributed by atoms with Gasteiger partial charge in [0.1, 0.15) is 0 Å². The van der Waals surface area contributed by atoms with E-state index >= 15 is 0 Å². The first kappa shape index (κ1) is 15.1. The molecule has 22 heavy (non-hydrogen) atoms. The normalized spacial score (nSPS) is 17.8. The van der Waals surface area contributed by atoms with Crippen molar-refractivity contribution in [3.05, 3.63) is 28.9 Å². The van der Waals surface area contributed by atoms with Crippen molar-refractivity contribution in [2.24, 2.45) is 0 Å². The highest BCUT2D eigenvalue weighted by Crippen LogP contribution is 2.20. The van der Waals surface area contributed by atoms with Crippen LogP contribution in [0.4, 0.5) is 5.69 Å². The van der Waals surface area contributed by atoms with Crippen LogP contribution in [0.15, 0.2) is 16.9 Å². The summed E-state index contributed by atoms with van der Waals surface area (Å²) < 4.78 is 12.2. The van der Waals surface area contributed by atoms with E-state index in [1.807, 2.05) is 0 Å². The molecule has 0 spiro atoms. The van der Waals surface area contributed by atoms with Crippen molar-refractivity contribution in [2.75, 3.05) is 11.9 Å². The SMILES string of the molecule is Cc1noc(Cl)c1CC(=O)Nc1cnn(CC2CCCO2)c1. The lowest BCUT2D eigenvalue weighted by atomic mass is 10.2. The van der Waals surface area contributed by atoms with Gasteiger partial charge in [-0.15, -0.1) is 0 Å². The number of aryl methyl sites for hydroxylation is 1. The Kier molecular flexibility index (Phi) is 4.44. The number of rotatable bonds is 5. The fourth-order valence-corrected chi connectivity index (χ4v) is 2.69. The van der Waals surface area contributed by atoms with Crippen LogP contribution in [-0.4, -0.2) is 33.6 Å². The van der Waals surface area contributed by atoms with Crippen molar-refractivity contribution in [3.63, 3.8) is 0 Å². The summed E-state index contributed by atoms with van der Waals surface area (Å²) >= 11 is 5.85. The molecule has 0 saturated carbocycles. The zero-order valence-corrected chi connectivity index (χ0v) is 13.0. The van der Waals surface area contributed by atoms with Gasteiger partial charge >= 0.3 is 0 Å². The molecule has 3 rings (SSSR count). The summed E-state index contributed by atoms with van der Waals surface area (Å²) in [5, 5.41) is 10.9. The van der Waals surface area contributed by atoms with Gasteiger partial charge < -0.3 is 14.6 Å². The van der Waals surface area contributed by atoms with Crippen LogP contribution >= 0.6 is 11.6 Å². The first-order valence-corrected chi connectivity index (χ1v) is 7.54. The van der Waals surface area contributed by atoms with Crippen LogP contribution < -0.4 is 5.32 Å². The number of aromatic nitrogens is 3. The van der Waals surface area contributed by atoms with Crippen molar-refractivity contribution in [3.8, 4) is 0 Å². The van der Waals surface area contributed by atoms with Gasteiger partial charge in [-0.1, -0.05) is 5.16 Å². The predicted molar refractivity (Wildman–Crippen MR) is 79.8 cm³/mol. The van der Waals surface area contributed by atoms with Gasteiger partial charge in [0.05, 0.1) is 36.6 Å². The van der Waals surface area contributed by atoms with Crippen molar-refractivity contribution in [1.29, 1.82) is 0 Å². The lowest BCUT2D eigenvalue weighted by Crippen LogP contribution is -2.16. The third kappa shape index (κ3) is 3.48. The molecule has 1 unspecified atom stereocenters. The Bertz CT molecular complexity index is 641. The highest BCUT2D eigenvalue weighted by atomic mass is 35.5. The third-order valence-electron chi connectivity index (χ3n) is 3.61. The molecule has 118 valence electrons. The number of nitrogens with zero attached hydrogens (tertiary/aromatic N) is 3. The van der Waals surface area contributed by atoms with Gasteiger partial charge in [-0.3, -0.25) is 9.48 Å². The van der Waals surface area contributed by atoms with Gasteiger partial charge in [0, 0.05) is 18.4 Å². The molecule has 8 heteroatoms. The zero-order valence-electron chi connectivity index (χ0n) is 12.2. The number of carbonyl (C=O) groups excluding carboxylic acids is 1. The largest absolute Gasteiger partial charge is 0.376 e.